The third-order valence-electron chi connectivity index (χ3n) is 5.81. The Morgan fingerprint density at radius 1 is 1.07 bits per heavy atom. The summed E-state index contributed by atoms with van der Waals surface area (Å²) in [6.07, 6.45) is 1.21. The molecule has 4 nitrogen and oxygen atoms in total. The number of dihydropyridines is 1. The molecule has 0 bridgehead atoms. The minimum absolute atomic E-state index is 0.00134. The molecule has 0 fully saturated rings. The Morgan fingerprint density at radius 2 is 1.77 bits per heavy atom. The van der Waals surface area contributed by atoms with E-state index >= 15 is 0 Å². The number of nitrogens with one attached hydrogen (secondary N) is 1. The smallest absolute Gasteiger partial charge is 0.162 e. The van der Waals surface area contributed by atoms with Gasteiger partial charge < -0.3 is 10.1 Å². The first-order valence-corrected chi connectivity index (χ1v) is 10.4. The number of ketones is 1. The topological polar surface area (TPSA) is 62.1 Å². The summed E-state index contributed by atoms with van der Waals surface area (Å²) in [5.41, 5.74) is 5.09. The largest absolute Gasteiger partial charge is 0.491 e. The van der Waals surface area contributed by atoms with E-state index < -0.39 is 5.92 Å². The number of carbonyl (C=O) groups excluding carboxylic acids is 1. The minimum atomic E-state index is -0.398. The second kappa shape index (κ2) is 8.20. The fourth-order valence-electron chi connectivity index (χ4n) is 4.54. The summed E-state index contributed by atoms with van der Waals surface area (Å²) in [7, 11) is 0. The van der Waals surface area contributed by atoms with Crippen molar-refractivity contribution in [3.63, 3.8) is 0 Å². The van der Waals surface area contributed by atoms with E-state index in [1.54, 1.807) is 0 Å². The molecule has 0 radical (unpaired) electrons. The summed E-state index contributed by atoms with van der Waals surface area (Å²) < 4.78 is 6.05. The Kier molecular flexibility index (Phi) is 5.46. The van der Waals surface area contributed by atoms with Crippen LogP contribution >= 0.6 is 0 Å². The van der Waals surface area contributed by atoms with Gasteiger partial charge >= 0.3 is 0 Å². The summed E-state index contributed by atoms with van der Waals surface area (Å²) in [4.78, 5) is 13.4. The van der Waals surface area contributed by atoms with Crippen LogP contribution in [-0.4, -0.2) is 11.9 Å². The van der Waals surface area contributed by atoms with Gasteiger partial charge in [0.15, 0.2) is 5.78 Å². The highest BCUT2D eigenvalue weighted by atomic mass is 16.5. The molecule has 0 spiro atoms. The van der Waals surface area contributed by atoms with E-state index in [1.807, 2.05) is 63.2 Å². The van der Waals surface area contributed by atoms with Gasteiger partial charge in [0.25, 0.3) is 0 Å². The Bertz CT molecular complexity index is 1070. The maximum atomic E-state index is 13.4. The molecule has 2 unspecified atom stereocenters. The van der Waals surface area contributed by atoms with Gasteiger partial charge in [-0.25, -0.2) is 0 Å². The predicted molar refractivity (Wildman–Crippen MR) is 117 cm³/mol. The van der Waals surface area contributed by atoms with E-state index in [0.29, 0.717) is 17.6 Å². The molecule has 1 N–H and O–H groups in total. The summed E-state index contributed by atoms with van der Waals surface area (Å²) in [5.74, 6) is 0.571. The molecule has 1 aliphatic carbocycles. The van der Waals surface area contributed by atoms with Gasteiger partial charge in [0.1, 0.15) is 5.75 Å². The number of para-hydroxylation sites is 1. The third-order valence-corrected chi connectivity index (χ3v) is 5.81. The first kappa shape index (κ1) is 20.0. The number of hydrogen-bond acceptors (Lipinski definition) is 4. The van der Waals surface area contributed by atoms with E-state index in [1.165, 1.54) is 5.56 Å². The van der Waals surface area contributed by atoms with Gasteiger partial charge in [0, 0.05) is 29.0 Å². The molecule has 0 aromatic heterocycles. The molecular weight excluding hydrogens is 372 g/mol. The molecule has 2 aliphatic rings. The number of Topliss-reactive ketones (excluding diaryl/α,β-unsaturated/α-hetero) is 1. The summed E-state index contributed by atoms with van der Waals surface area (Å²) >= 11 is 0. The molecule has 2 aromatic carbocycles. The van der Waals surface area contributed by atoms with Crippen LogP contribution in [-0.2, 0) is 4.79 Å². The van der Waals surface area contributed by atoms with Gasteiger partial charge in [-0.3, -0.25) is 4.79 Å². The van der Waals surface area contributed by atoms with Crippen molar-refractivity contribution in [3.8, 4) is 11.8 Å². The average molecular weight is 399 g/mol. The summed E-state index contributed by atoms with van der Waals surface area (Å²) in [5, 5.41) is 13.3. The number of ether oxygens (including phenoxy) is 1. The first-order valence-electron chi connectivity index (χ1n) is 10.4. The van der Waals surface area contributed by atoms with Crippen molar-refractivity contribution >= 4 is 5.78 Å². The lowest BCUT2D eigenvalue weighted by Gasteiger charge is -2.36. The first-order chi connectivity index (χ1) is 14.5. The molecule has 2 atom stereocenters. The molecule has 2 aromatic rings. The second-order valence-electron chi connectivity index (χ2n) is 8.24. The van der Waals surface area contributed by atoms with Crippen LogP contribution in [0.3, 0.4) is 0 Å². The Hall–Kier alpha value is -3.32. The van der Waals surface area contributed by atoms with Crippen molar-refractivity contribution in [2.24, 2.45) is 0 Å². The number of carbonyl (C=O) groups is 1. The highest BCUT2D eigenvalue weighted by Crippen LogP contribution is 2.47. The molecule has 0 saturated heterocycles. The average Bonchev–Trinajstić information content (AvgIpc) is 2.73. The van der Waals surface area contributed by atoms with Gasteiger partial charge in [-0.2, -0.15) is 5.26 Å². The normalized spacial score (nSPS) is 21.2. The zero-order chi connectivity index (χ0) is 21.3. The van der Waals surface area contributed by atoms with Crippen LogP contribution in [0.25, 0.3) is 0 Å². The fourth-order valence-corrected chi connectivity index (χ4v) is 4.54. The maximum absolute atomic E-state index is 13.4. The molecule has 4 rings (SSSR count). The van der Waals surface area contributed by atoms with Crippen molar-refractivity contribution < 1.29 is 9.53 Å². The van der Waals surface area contributed by atoms with Crippen molar-refractivity contribution in [3.05, 3.63) is 88.3 Å². The summed E-state index contributed by atoms with van der Waals surface area (Å²) in [6.45, 7) is 5.87. The Balaban J connectivity index is 1.81. The highest BCUT2D eigenvalue weighted by molar-refractivity contribution is 6.00. The van der Waals surface area contributed by atoms with Gasteiger partial charge in [0.2, 0.25) is 0 Å². The predicted octanol–water partition coefficient (Wildman–Crippen LogP) is 5.36. The lowest BCUT2D eigenvalue weighted by Crippen LogP contribution is -2.33. The molecule has 1 aliphatic heterocycles. The van der Waals surface area contributed by atoms with Crippen molar-refractivity contribution in [1.82, 2.24) is 5.32 Å². The zero-order valence-corrected chi connectivity index (χ0v) is 17.6. The Morgan fingerprint density at radius 3 is 2.47 bits per heavy atom. The molecular formula is C26H26N2O2. The second-order valence-corrected chi connectivity index (χ2v) is 8.24. The number of benzene rings is 2. The molecule has 4 heteroatoms. The van der Waals surface area contributed by atoms with Crippen LogP contribution in [0.5, 0.6) is 5.75 Å². The fraction of sp³-hybridized carbons (Fsp3) is 0.308. The van der Waals surface area contributed by atoms with Crippen molar-refractivity contribution in [2.75, 3.05) is 0 Å². The third kappa shape index (κ3) is 3.64. The minimum Gasteiger partial charge on any atom is -0.491 e. The van der Waals surface area contributed by atoms with Gasteiger partial charge in [-0.1, -0.05) is 48.5 Å². The van der Waals surface area contributed by atoms with Crippen molar-refractivity contribution in [1.29, 1.82) is 5.26 Å². The summed E-state index contributed by atoms with van der Waals surface area (Å²) in [6, 6.07) is 20.3. The molecule has 152 valence electrons. The van der Waals surface area contributed by atoms with Crippen LogP contribution < -0.4 is 10.1 Å². The lowest BCUT2D eigenvalue weighted by atomic mass is 9.72. The van der Waals surface area contributed by atoms with E-state index in [-0.39, 0.29) is 17.8 Å². The van der Waals surface area contributed by atoms with Crippen LogP contribution in [0, 0.1) is 11.3 Å². The standard InChI is InChI=1S/C26H26N2O2/c1-16(2)30-24-12-8-7-11-20(24)25-21(15-27)17(3)28-22-13-19(14-23(29)26(22)25)18-9-5-4-6-10-18/h4-12,16,19,25,28H,13-14H2,1-3H3. The quantitative estimate of drug-likeness (QED) is 0.753. The van der Waals surface area contributed by atoms with Crippen LogP contribution in [0.2, 0.25) is 0 Å². The SMILES string of the molecule is CC1=C(C#N)C(c2ccccc2OC(C)C)C2=C(CC(c3ccccc3)CC2=O)N1. The van der Waals surface area contributed by atoms with E-state index in [4.69, 9.17) is 4.74 Å². The molecule has 0 amide bonds. The van der Waals surface area contributed by atoms with E-state index in [9.17, 15) is 10.1 Å². The van der Waals surface area contributed by atoms with Gasteiger partial charge in [0.05, 0.1) is 23.7 Å². The number of rotatable bonds is 4. The van der Waals surface area contributed by atoms with Crippen LogP contribution in [0.15, 0.2) is 77.1 Å². The monoisotopic (exact) mass is 398 g/mol. The molecule has 0 saturated carbocycles. The number of nitriles is 1. The van der Waals surface area contributed by atoms with Crippen LogP contribution in [0.4, 0.5) is 0 Å². The Labute approximate surface area is 177 Å². The number of nitrogens with zero attached hydrogens (tertiary/aromatic N) is 1. The van der Waals surface area contributed by atoms with E-state index in [0.717, 1.165) is 29.1 Å². The highest BCUT2D eigenvalue weighted by Gasteiger charge is 2.39. The van der Waals surface area contributed by atoms with E-state index in [2.05, 4.69) is 23.5 Å². The van der Waals surface area contributed by atoms with Gasteiger partial charge in [-0.05, 0) is 44.7 Å². The lowest BCUT2D eigenvalue weighted by molar-refractivity contribution is -0.116. The van der Waals surface area contributed by atoms with Gasteiger partial charge in [-0.15, -0.1) is 0 Å². The zero-order valence-electron chi connectivity index (χ0n) is 17.6. The van der Waals surface area contributed by atoms with Crippen molar-refractivity contribution in [2.45, 2.75) is 51.6 Å². The number of allylic oxidation sites excluding steroid dienone is 4. The maximum Gasteiger partial charge on any atom is 0.162 e. The van der Waals surface area contributed by atoms with Crippen LogP contribution in [0.1, 0.15) is 56.6 Å². The molecule has 1 heterocycles. The molecule has 30 heavy (non-hydrogen) atoms. The number of hydrogen-bond donors (Lipinski definition) is 1.